The van der Waals surface area contributed by atoms with Gasteiger partial charge < -0.3 is 5.32 Å². The van der Waals surface area contributed by atoms with E-state index < -0.39 is 0 Å². The summed E-state index contributed by atoms with van der Waals surface area (Å²) in [5.74, 6) is 0. The van der Waals surface area contributed by atoms with Crippen LogP contribution in [0.25, 0.3) is 0 Å². The minimum absolute atomic E-state index is 0.424. The molecule has 0 amide bonds. The molecule has 0 aliphatic rings. The van der Waals surface area contributed by atoms with Crippen LogP contribution in [0.5, 0.6) is 0 Å². The van der Waals surface area contributed by atoms with Gasteiger partial charge in [-0.2, -0.15) is 0 Å². The highest BCUT2D eigenvalue weighted by Crippen LogP contribution is 2.22. The van der Waals surface area contributed by atoms with Crippen molar-refractivity contribution in [1.29, 1.82) is 0 Å². The van der Waals surface area contributed by atoms with Gasteiger partial charge in [-0.25, -0.2) is 0 Å². The van der Waals surface area contributed by atoms with Crippen molar-refractivity contribution in [3.8, 4) is 0 Å². The zero-order valence-corrected chi connectivity index (χ0v) is 13.0. The fourth-order valence-corrected chi connectivity index (χ4v) is 2.92. The maximum absolute atomic E-state index is 3.56. The quantitative estimate of drug-likeness (QED) is 0.794. The molecular weight excluding hydrogens is 341 g/mol. The third-order valence-corrected chi connectivity index (χ3v) is 4.62. The second-order valence-electron chi connectivity index (χ2n) is 4.18. The molecule has 0 bridgehead atoms. The molecule has 0 saturated carbocycles. The minimum atomic E-state index is 0.424. The van der Waals surface area contributed by atoms with Crippen molar-refractivity contribution in [2.75, 3.05) is 0 Å². The Labute approximate surface area is 120 Å². The van der Waals surface area contributed by atoms with Gasteiger partial charge in [0, 0.05) is 25.9 Å². The van der Waals surface area contributed by atoms with E-state index in [0.717, 1.165) is 6.54 Å². The number of hydrogen-bond acceptors (Lipinski definition) is 2. The molecule has 1 N–H and O–H groups in total. The molecule has 0 aliphatic heterocycles. The Morgan fingerprint density at radius 2 is 1.88 bits per heavy atom. The van der Waals surface area contributed by atoms with Crippen molar-refractivity contribution in [3.05, 3.63) is 55.3 Å². The number of benzene rings is 1. The predicted molar refractivity (Wildman–Crippen MR) is 83.5 cm³/mol. The van der Waals surface area contributed by atoms with E-state index in [9.17, 15) is 0 Å². The fourth-order valence-electron chi connectivity index (χ4n) is 1.66. The van der Waals surface area contributed by atoms with Gasteiger partial charge in [0.2, 0.25) is 0 Å². The highest BCUT2D eigenvalue weighted by Gasteiger charge is 2.06. The highest BCUT2D eigenvalue weighted by molar-refractivity contribution is 14.1. The maximum atomic E-state index is 3.56. The normalized spacial score (nSPS) is 12.6. The Balaban J connectivity index is 1.92. The van der Waals surface area contributed by atoms with Gasteiger partial charge in [-0.05, 0) is 66.3 Å². The summed E-state index contributed by atoms with van der Waals surface area (Å²) >= 11 is 4.20. The van der Waals surface area contributed by atoms with E-state index in [1.807, 2.05) is 11.3 Å². The molecule has 1 heterocycles. The van der Waals surface area contributed by atoms with E-state index in [1.165, 1.54) is 18.9 Å². The van der Waals surface area contributed by atoms with E-state index >= 15 is 0 Å². The van der Waals surface area contributed by atoms with E-state index in [0.29, 0.717) is 6.04 Å². The van der Waals surface area contributed by atoms with Gasteiger partial charge in [0.25, 0.3) is 0 Å². The van der Waals surface area contributed by atoms with Crippen molar-refractivity contribution < 1.29 is 0 Å². The SMILES string of the molecule is Cc1ccc(C(C)NCc2ccc(I)cc2)s1. The summed E-state index contributed by atoms with van der Waals surface area (Å²) in [4.78, 5) is 2.79. The van der Waals surface area contributed by atoms with Crippen LogP contribution >= 0.6 is 33.9 Å². The first-order chi connectivity index (χ1) is 8.15. The first kappa shape index (κ1) is 13.1. The molecular formula is C14H16INS. The lowest BCUT2D eigenvalue weighted by Gasteiger charge is -2.12. The third-order valence-electron chi connectivity index (χ3n) is 2.71. The second-order valence-corrected chi connectivity index (χ2v) is 6.74. The molecule has 90 valence electrons. The Morgan fingerprint density at radius 3 is 2.47 bits per heavy atom. The zero-order valence-electron chi connectivity index (χ0n) is 10.0. The molecule has 0 spiro atoms. The van der Waals surface area contributed by atoms with Crippen LogP contribution < -0.4 is 5.32 Å². The summed E-state index contributed by atoms with van der Waals surface area (Å²) in [5, 5.41) is 3.56. The molecule has 0 radical (unpaired) electrons. The highest BCUT2D eigenvalue weighted by atomic mass is 127. The van der Waals surface area contributed by atoms with Gasteiger partial charge >= 0.3 is 0 Å². The molecule has 1 aromatic heterocycles. The summed E-state index contributed by atoms with van der Waals surface area (Å²) in [5.41, 5.74) is 1.34. The van der Waals surface area contributed by atoms with Crippen LogP contribution in [0.1, 0.15) is 28.3 Å². The van der Waals surface area contributed by atoms with Crippen molar-refractivity contribution >= 4 is 33.9 Å². The smallest absolute Gasteiger partial charge is 0.0388 e. The number of nitrogens with one attached hydrogen (secondary N) is 1. The van der Waals surface area contributed by atoms with Crippen LogP contribution in [0.3, 0.4) is 0 Å². The van der Waals surface area contributed by atoms with Crippen LogP contribution in [-0.2, 0) is 6.54 Å². The van der Waals surface area contributed by atoms with Gasteiger partial charge in [0.1, 0.15) is 0 Å². The van der Waals surface area contributed by atoms with E-state index in [4.69, 9.17) is 0 Å². The molecule has 1 atom stereocenters. The van der Waals surface area contributed by atoms with E-state index in [2.05, 4.69) is 78.2 Å². The maximum Gasteiger partial charge on any atom is 0.0388 e. The Bertz CT molecular complexity index is 475. The van der Waals surface area contributed by atoms with Gasteiger partial charge in [0.05, 0.1) is 0 Å². The molecule has 0 aliphatic carbocycles. The molecule has 1 nitrogen and oxygen atoms in total. The lowest BCUT2D eigenvalue weighted by atomic mass is 10.2. The molecule has 17 heavy (non-hydrogen) atoms. The molecule has 0 fully saturated rings. The van der Waals surface area contributed by atoms with Crippen molar-refractivity contribution in [3.63, 3.8) is 0 Å². The minimum Gasteiger partial charge on any atom is -0.305 e. The largest absolute Gasteiger partial charge is 0.305 e. The Kier molecular flexibility index (Phi) is 4.59. The van der Waals surface area contributed by atoms with Crippen LogP contribution in [0.15, 0.2) is 36.4 Å². The number of rotatable bonds is 4. The summed E-state index contributed by atoms with van der Waals surface area (Å²) in [7, 11) is 0. The molecule has 0 saturated heterocycles. The second kappa shape index (κ2) is 5.98. The lowest BCUT2D eigenvalue weighted by molar-refractivity contribution is 0.583. The third kappa shape index (κ3) is 3.79. The number of aryl methyl sites for hydroxylation is 1. The zero-order chi connectivity index (χ0) is 12.3. The average molecular weight is 357 g/mol. The summed E-state index contributed by atoms with van der Waals surface area (Å²) < 4.78 is 1.29. The van der Waals surface area contributed by atoms with Gasteiger partial charge in [0.15, 0.2) is 0 Å². The lowest BCUT2D eigenvalue weighted by Crippen LogP contribution is -2.17. The van der Waals surface area contributed by atoms with E-state index in [1.54, 1.807) is 0 Å². The van der Waals surface area contributed by atoms with Crippen molar-refractivity contribution in [2.24, 2.45) is 0 Å². The van der Waals surface area contributed by atoms with Gasteiger partial charge in [-0.1, -0.05) is 12.1 Å². The summed E-state index contributed by atoms with van der Waals surface area (Å²) in [6.07, 6.45) is 0. The Hall–Kier alpha value is -0.390. The standard InChI is InChI=1S/C14H16INS/c1-10-3-8-14(17-10)11(2)16-9-12-4-6-13(15)7-5-12/h3-8,11,16H,9H2,1-2H3. The monoisotopic (exact) mass is 357 g/mol. The topological polar surface area (TPSA) is 12.0 Å². The fraction of sp³-hybridized carbons (Fsp3) is 0.286. The van der Waals surface area contributed by atoms with E-state index in [-0.39, 0.29) is 0 Å². The number of halogens is 1. The molecule has 1 aromatic carbocycles. The van der Waals surface area contributed by atoms with Crippen LogP contribution in [0.4, 0.5) is 0 Å². The Morgan fingerprint density at radius 1 is 1.18 bits per heavy atom. The summed E-state index contributed by atoms with van der Waals surface area (Å²) in [6, 6.07) is 13.5. The molecule has 3 heteroatoms. The first-order valence-electron chi connectivity index (χ1n) is 5.69. The van der Waals surface area contributed by atoms with Crippen molar-refractivity contribution in [1.82, 2.24) is 5.32 Å². The molecule has 2 rings (SSSR count). The van der Waals surface area contributed by atoms with Crippen LogP contribution in [0.2, 0.25) is 0 Å². The first-order valence-corrected chi connectivity index (χ1v) is 7.59. The van der Waals surface area contributed by atoms with Crippen molar-refractivity contribution in [2.45, 2.75) is 26.4 Å². The van der Waals surface area contributed by atoms with Gasteiger partial charge in [-0.15, -0.1) is 11.3 Å². The van der Waals surface area contributed by atoms with Crippen LogP contribution in [-0.4, -0.2) is 0 Å². The number of hydrogen-bond donors (Lipinski definition) is 1. The van der Waals surface area contributed by atoms with Gasteiger partial charge in [-0.3, -0.25) is 0 Å². The summed E-state index contributed by atoms with van der Waals surface area (Å²) in [6.45, 7) is 5.30. The predicted octanol–water partition coefficient (Wildman–Crippen LogP) is 4.51. The van der Waals surface area contributed by atoms with Crippen LogP contribution in [0, 0.1) is 10.5 Å². The molecule has 2 aromatic rings. The number of thiophene rings is 1. The molecule has 1 unspecified atom stereocenters. The average Bonchev–Trinajstić information content (AvgIpc) is 2.75.